The molecule has 1 unspecified atom stereocenters. The fraction of sp³-hybridized carbons (Fsp3) is 1.00. The van der Waals surface area contributed by atoms with E-state index in [4.69, 9.17) is 0 Å². The predicted molar refractivity (Wildman–Crippen MR) is 25.8 cm³/mol. The van der Waals surface area contributed by atoms with E-state index in [1.165, 1.54) is 0 Å². The molecule has 46 valence electrons. The highest BCUT2D eigenvalue weighted by molar-refractivity contribution is 5.03. The Hall–Kier alpha value is -0.140. The van der Waals surface area contributed by atoms with Gasteiger partial charge in [-0.2, -0.15) is 0 Å². The van der Waals surface area contributed by atoms with Crippen LogP contribution in [0.25, 0.3) is 0 Å². The summed E-state index contributed by atoms with van der Waals surface area (Å²) in [5.74, 6) is -2.05. The Morgan fingerprint density at radius 1 is 1.25 bits per heavy atom. The van der Waals surface area contributed by atoms with E-state index >= 15 is 0 Å². The molecule has 0 aliphatic heterocycles. The van der Waals surface area contributed by atoms with E-state index in [2.05, 4.69) is 0 Å². The van der Waals surface area contributed by atoms with Crippen molar-refractivity contribution in [3.63, 3.8) is 0 Å². The van der Waals surface area contributed by atoms with E-state index in [9.17, 15) is 8.78 Å². The van der Waals surface area contributed by atoms with Gasteiger partial charge in [0.1, 0.15) is 0 Å². The SMILES string of the molecule is FC1(F)CC1C1CC1. The minimum absolute atomic E-state index is 0.178. The highest BCUT2D eigenvalue weighted by Crippen LogP contribution is 2.59. The van der Waals surface area contributed by atoms with Crippen LogP contribution < -0.4 is 0 Å². The Morgan fingerprint density at radius 3 is 1.88 bits per heavy atom. The zero-order valence-electron chi connectivity index (χ0n) is 4.53. The number of rotatable bonds is 1. The van der Waals surface area contributed by atoms with Crippen molar-refractivity contribution in [2.24, 2.45) is 11.8 Å². The van der Waals surface area contributed by atoms with Gasteiger partial charge < -0.3 is 0 Å². The van der Waals surface area contributed by atoms with Crippen molar-refractivity contribution in [1.29, 1.82) is 0 Å². The molecular weight excluding hydrogens is 110 g/mol. The van der Waals surface area contributed by atoms with Crippen molar-refractivity contribution in [3.8, 4) is 0 Å². The first-order valence-electron chi connectivity index (χ1n) is 3.08. The summed E-state index contributed by atoms with van der Waals surface area (Å²) < 4.78 is 24.2. The van der Waals surface area contributed by atoms with E-state index in [-0.39, 0.29) is 12.3 Å². The Bertz CT molecular complexity index is 116. The summed E-state index contributed by atoms with van der Waals surface area (Å²) in [6.45, 7) is 0. The largest absolute Gasteiger partial charge is 0.251 e. The maximum absolute atomic E-state index is 12.1. The molecule has 0 saturated heterocycles. The standard InChI is InChI=1S/C6H8F2/c7-6(8)3-5(6)4-1-2-4/h4-5H,1-3H2. The van der Waals surface area contributed by atoms with Crippen LogP contribution in [0, 0.1) is 11.8 Å². The second-order valence-electron chi connectivity index (χ2n) is 2.91. The third-order valence-corrected chi connectivity index (χ3v) is 2.07. The highest BCUT2D eigenvalue weighted by atomic mass is 19.3. The lowest BCUT2D eigenvalue weighted by Crippen LogP contribution is -1.93. The van der Waals surface area contributed by atoms with Crippen LogP contribution in [0.1, 0.15) is 19.3 Å². The summed E-state index contributed by atoms with van der Waals surface area (Å²) in [6, 6.07) is 0. The summed E-state index contributed by atoms with van der Waals surface area (Å²) in [6.07, 6.45) is 2.29. The Kier molecular flexibility index (Phi) is 0.628. The first-order chi connectivity index (χ1) is 3.70. The lowest BCUT2D eigenvalue weighted by atomic mass is 10.3. The topological polar surface area (TPSA) is 0 Å². The minimum atomic E-state index is -2.25. The number of hydrogen-bond acceptors (Lipinski definition) is 0. The van der Waals surface area contributed by atoms with Gasteiger partial charge in [0.2, 0.25) is 0 Å². The Morgan fingerprint density at radius 2 is 1.75 bits per heavy atom. The molecule has 0 aromatic heterocycles. The number of alkyl halides is 2. The minimum Gasteiger partial charge on any atom is -0.207 e. The van der Waals surface area contributed by atoms with Crippen molar-refractivity contribution >= 4 is 0 Å². The van der Waals surface area contributed by atoms with Crippen LogP contribution in [0.2, 0.25) is 0 Å². The third-order valence-electron chi connectivity index (χ3n) is 2.07. The average molecular weight is 118 g/mol. The van der Waals surface area contributed by atoms with Gasteiger partial charge in [-0.25, -0.2) is 8.78 Å². The molecule has 2 fully saturated rings. The van der Waals surface area contributed by atoms with E-state index in [0.717, 1.165) is 12.8 Å². The van der Waals surface area contributed by atoms with Crippen LogP contribution in [0.4, 0.5) is 8.78 Å². The number of hydrogen-bond donors (Lipinski definition) is 0. The van der Waals surface area contributed by atoms with Crippen LogP contribution in [0.3, 0.4) is 0 Å². The quantitative estimate of drug-likeness (QED) is 0.494. The van der Waals surface area contributed by atoms with Crippen LogP contribution in [-0.4, -0.2) is 5.92 Å². The molecule has 1 atom stereocenters. The molecule has 0 aromatic rings. The van der Waals surface area contributed by atoms with Gasteiger partial charge in [-0.1, -0.05) is 0 Å². The fourth-order valence-electron chi connectivity index (χ4n) is 1.24. The van der Waals surface area contributed by atoms with Gasteiger partial charge in [0.05, 0.1) is 0 Å². The van der Waals surface area contributed by atoms with E-state index < -0.39 is 5.92 Å². The van der Waals surface area contributed by atoms with Crippen molar-refractivity contribution in [1.82, 2.24) is 0 Å². The van der Waals surface area contributed by atoms with Gasteiger partial charge in [-0.15, -0.1) is 0 Å². The Labute approximate surface area is 46.9 Å². The van der Waals surface area contributed by atoms with E-state index in [1.807, 2.05) is 0 Å². The molecule has 8 heavy (non-hydrogen) atoms. The summed E-state index contributed by atoms with van der Waals surface area (Å²) in [7, 11) is 0. The normalized spacial score (nSPS) is 42.0. The molecule has 0 N–H and O–H groups in total. The van der Waals surface area contributed by atoms with Gasteiger partial charge >= 0.3 is 0 Å². The summed E-state index contributed by atoms with van der Waals surface area (Å²) in [5.41, 5.74) is 0. The molecule has 0 nitrogen and oxygen atoms in total. The zero-order chi connectivity index (χ0) is 5.78. The fourth-order valence-corrected chi connectivity index (χ4v) is 1.24. The lowest BCUT2D eigenvalue weighted by Gasteiger charge is -1.89. The molecule has 0 aromatic carbocycles. The van der Waals surface area contributed by atoms with Crippen molar-refractivity contribution < 1.29 is 8.78 Å². The highest BCUT2D eigenvalue weighted by Gasteiger charge is 2.62. The molecule has 2 aliphatic carbocycles. The molecule has 2 heteroatoms. The van der Waals surface area contributed by atoms with E-state index in [0.29, 0.717) is 5.92 Å². The first-order valence-corrected chi connectivity index (χ1v) is 3.08. The maximum atomic E-state index is 12.1. The van der Waals surface area contributed by atoms with Crippen LogP contribution in [0.5, 0.6) is 0 Å². The van der Waals surface area contributed by atoms with Gasteiger partial charge in [0, 0.05) is 12.3 Å². The van der Waals surface area contributed by atoms with Crippen LogP contribution >= 0.6 is 0 Å². The predicted octanol–water partition coefficient (Wildman–Crippen LogP) is 2.05. The summed E-state index contributed by atoms with van der Waals surface area (Å²) in [5, 5.41) is 0. The molecule has 2 rings (SSSR count). The van der Waals surface area contributed by atoms with Gasteiger partial charge in [0.25, 0.3) is 5.92 Å². The van der Waals surface area contributed by atoms with E-state index in [1.54, 1.807) is 0 Å². The molecule has 0 heterocycles. The zero-order valence-corrected chi connectivity index (χ0v) is 4.53. The van der Waals surface area contributed by atoms with Gasteiger partial charge in [-0.3, -0.25) is 0 Å². The van der Waals surface area contributed by atoms with Crippen molar-refractivity contribution in [2.45, 2.75) is 25.2 Å². The monoisotopic (exact) mass is 118 g/mol. The average Bonchev–Trinajstić information content (AvgIpc) is 2.37. The summed E-state index contributed by atoms with van der Waals surface area (Å²) in [4.78, 5) is 0. The van der Waals surface area contributed by atoms with Gasteiger partial charge in [-0.05, 0) is 18.8 Å². The third kappa shape index (κ3) is 0.550. The molecule has 0 spiro atoms. The molecule has 0 amide bonds. The molecule has 2 aliphatic rings. The van der Waals surface area contributed by atoms with Gasteiger partial charge in [0.15, 0.2) is 0 Å². The second-order valence-corrected chi connectivity index (χ2v) is 2.91. The number of halogens is 2. The molecule has 0 bridgehead atoms. The van der Waals surface area contributed by atoms with Crippen molar-refractivity contribution in [3.05, 3.63) is 0 Å². The molecule has 2 saturated carbocycles. The van der Waals surface area contributed by atoms with Crippen molar-refractivity contribution in [2.75, 3.05) is 0 Å². The Balaban J connectivity index is 1.95. The molecular formula is C6H8F2. The lowest BCUT2D eigenvalue weighted by molar-refractivity contribution is 0.0944. The first kappa shape index (κ1) is 4.71. The summed E-state index contributed by atoms with van der Waals surface area (Å²) >= 11 is 0. The molecule has 0 radical (unpaired) electrons. The smallest absolute Gasteiger partial charge is 0.207 e. The van der Waals surface area contributed by atoms with Crippen LogP contribution in [0.15, 0.2) is 0 Å². The van der Waals surface area contributed by atoms with Crippen LogP contribution in [-0.2, 0) is 0 Å². The second kappa shape index (κ2) is 1.07. The maximum Gasteiger partial charge on any atom is 0.251 e.